The second-order valence-electron chi connectivity index (χ2n) is 16.5. The normalized spacial score (nSPS) is 21.2. The van der Waals surface area contributed by atoms with E-state index in [1.807, 2.05) is 6.08 Å². The van der Waals surface area contributed by atoms with Crippen LogP contribution in [0.25, 0.3) is 0 Å². The molecule has 62 heavy (non-hydrogen) atoms. The molecule has 1 saturated heterocycles. The van der Waals surface area contributed by atoms with Gasteiger partial charge in [-0.1, -0.05) is 182 Å². The van der Waals surface area contributed by atoms with E-state index in [4.69, 9.17) is 9.47 Å². The Balaban J connectivity index is 2.34. The highest BCUT2D eigenvalue weighted by Crippen LogP contribution is 2.22. The largest absolute Gasteiger partial charge is 0.394 e. The number of hydrogen-bond acceptors (Lipinski definition) is 8. The van der Waals surface area contributed by atoms with Gasteiger partial charge in [-0.3, -0.25) is 4.79 Å². The maximum atomic E-state index is 13.0. The zero-order chi connectivity index (χ0) is 45.1. The Morgan fingerprint density at radius 2 is 1.02 bits per heavy atom. The van der Waals surface area contributed by atoms with Crippen molar-refractivity contribution in [3.8, 4) is 0 Å². The summed E-state index contributed by atoms with van der Waals surface area (Å²) in [7, 11) is 0. The van der Waals surface area contributed by atoms with E-state index in [9.17, 15) is 30.3 Å². The molecule has 9 heteroatoms. The Labute approximate surface area is 377 Å². The highest BCUT2D eigenvalue weighted by Gasteiger charge is 2.44. The highest BCUT2D eigenvalue weighted by molar-refractivity contribution is 5.76. The van der Waals surface area contributed by atoms with Crippen LogP contribution in [-0.2, 0) is 14.3 Å². The summed E-state index contributed by atoms with van der Waals surface area (Å²) < 4.78 is 11.2. The van der Waals surface area contributed by atoms with Crippen LogP contribution in [0.2, 0.25) is 0 Å². The number of ether oxygens (including phenoxy) is 2. The van der Waals surface area contributed by atoms with Crippen molar-refractivity contribution in [1.29, 1.82) is 0 Å². The van der Waals surface area contributed by atoms with Gasteiger partial charge in [-0.15, -0.1) is 0 Å². The van der Waals surface area contributed by atoms with Crippen molar-refractivity contribution in [1.82, 2.24) is 5.32 Å². The molecule has 0 aromatic rings. The number of rotatable bonds is 39. The summed E-state index contributed by atoms with van der Waals surface area (Å²) in [4.78, 5) is 13.0. The smallest absolute Gasteiger partial charge is 0.220 e. The zero-order valence-corrected chi connectivity index (χ0v) is 38.8. The number of nitrogens with one attached hydrogen (secondary N) is 1. The fraction of sp³-hybridized carbons (Fsp3) is 0.679. The molecule has 0 spiro atoms. The third kappa shape index (κ3) is 31.9. The Hall–Kier alpha value is -2.89. The molecule has 7 unspecified atom stereocenters. The van der Waals surface area contributed by atoms with E-state index in [0.29, 0.717) is 6.42 Å². The molecule has 354 valence electrons. The molecule has 1 rings (SSSR count). The lowest BCUT2D eigenvalue weighted by atomic mass is 9.99. The molecule has 1 aliphatic heterocycles. The number of carbonyl (C=O) groups excluding carboxylic acids is 1. The predicted octanol–water partition coefficient (Wildman–Crippen LogP) is 10.9. The summed E-state index contributed by atoms with van der Waals surface area (Å²) >= 11 is 0. The van der Waals surface area contributed by atoms with Crippen molar-refractivity contribution in [3.63, 3.8) is 0 Å². The van der Waals surface area contributed by atoms with E-state index < -0.39 is 49.5 Å². The minimum absolute atomic E-state index is 0.207. The Morgan fingerprint density at radius 1 is 0.565 bits per heavy atom. The molecule has 9 nitrogen and oxygen atoms in total. The van der Waals surface area contributed by atoms with E-state index in [1.165, 1.54) is 51.4 Å². The monoisotopic (exact) mass is 868 g/mol. The van der Waals surface area contributed by atoms with Crippen molar-refractivity contribution in [3.05, 3.63) is 97.2 Å². The van der Waals surface area contributed by atoms with Crippen LogP contribution < -0.4 is 5.32 Å². The van der Waals surface area contributed by atoms with Gasteiger partial charge >= 0.3 is 0 Å². The maximum absolute atomic E-state index is 13.0. The minimum atomic E-state index is -1.58. The fourth-order valence-electron chi connectivity index (χ4n) is 7.00. The molecule has 0 aromatic carbocycles. The Morgan fingerprint density at radius 3 is 1.55 bits per heavy atom. The molecule has 6 N–H and O–H groups in total. The van der Waals surface area contributed by atoms with Crippen molar-refractivity contribution in [2.45, 2.75) is 217 Å². The van der Waals surface area contributed by atoms with Crippen molar-refractivity contribution in [2.24, 2.45) is 0 Å². The first-order chi connectivity index (χ1) is 30.3. The van der Waals surface area contributed by atoms with Gasteiger partial charge in [-0.05, 0) is 83.5 Å². The van der Waals surface area contributed by atoms with Crippen LogP contribution in [-0.4, -0.2) is 87.5 Å². The number of aliphatic hydroxyl groups is 5. The molecule has 1 amide bonds. The molecule has 0 aliphatic carbocycles. The average molecular weight is 868 g/mol. The van der Waals surface area contributed by atoms with E-state index in [0.717, 1.165) is 103 Å². The SMILES string of the molecule is CC/C=C\C/C=C\C/C=C\C/C=C\C/C=C\C/C=C\CCCCCCCCC(=O)NC(COC1OC(CO)C(O)C(O)C1O)C(O)/C=C/CC/C=C/CCCCCCCCCC. The first-order valence-corrected chi connectivity index (χ1v) is 24.5. The second kappa shape index (κ2) is 42.1. The zero-order valence-electron chi connectivity index (χ0n) is 38.8. The molecule has 0 aromatic heterocycles. The first kappa shape index (κ1) is 57.1. The second-order valence-corrected chi connectivity index (χ2v) is 16.5. The van der Waals surface area contributed by atoms with Gasteiger partial charge in [0.25, 0.3) is 0 Å². The van der Waals surface area contributed by atoms with Gasteiger partial charge in [-0.2, -0.15) is 0 Å². The molecular weight excluding hydrogens is 779 g/mol. The van der Waals surface area contributed by atoms with E-state index in [-0.39, 0.29) is 12.5 Å². The van der Waals surface area contributed by atoms with Gasteiger partial charge in [0.2, 0.25) is 5.91 Å². The minimum Gasteiger partial charge on any atom is -0.394 e. The van der Waals surface area contributed by atoms with Gasteiger partial charge in [0.05, 0.1) is 25.4 Å². The Kier molecular flexibility index (Phi) is 38.8. The molecule has 1 fully saturated rings. The van der Waals surface area contributed by atoms with Gasteiger partial charge in [0.1, 0.15) is 24.4 Å². The van der Waals surface area contributed by atoms with Crippen LogP contribution in [0.4, 0.5) is 0 Å². The highest BCUT2D eigenvalue weighted by atomic mass is 16.7. The molecule has 7 atom stereocenters. The third-order valence-corrected chi connectivity index (χ3v) is 10.9. The number of hydrogen-bond donors (Lipinski definition) is 6. The molecular formula is C53H89NO8. The van der Waals surface area contributed by atoms with Crippen molar-refractivity contribution >= 4 is 5.91 Å². The summed E-state index contributed by atoms with van der Waals surface area (Å²) in [5.74, 6) is -0.207. The van der Waals surface area contributed by atoms with Crippen LogP contribution in [0.1, 0.15) is 174 Å². The lowest BCUT2D eigenvalue weighted by Crippen LogP contribution is -2.60. The van der Waals surface area contributed by atoms with Crippen LogP contribution in [0.5, 0.6) is 0 Å². The van der Waals surface area contributed by atoms with Crippen LogP contribution in [0, 0.1) is 0 Å². The van der Waals surface area contributed by atoms with Gasteiger partial charge < -0.3 is 40.3 Å². The average Bonchev–Trinajstić information content (AvgIpc) is 3.27. The first-order valence-electron chi connectivity index (χ1n) is 24.5. The summed E-state index contributed by atoms with van der Waals surface area (Å²) in [5, 5.41) is 54.2. The van der Waals surface area contributed by atoms with Gasteiger partial charge in [0, 0.05) is 6.42 Å². The number of aliphatic hydroxyl groups excluding tert-OH is 5. The summed E-state index contributed by atoms with van der Waals surface area (Å²) in [6.07, 6.45) is 53.0. The molecule has 0 radical (unpaired) electrons. The summed E-state index contributed by atoms with van der Waals surface area (Å²) in [6.45, 7) is 3.61. The molecule has 0 bridgehead atoms. The summed E-state index contributed by atoms with van der Waals surface area (Å²) in [5.41, 5.74) is 0. The summed E-state index contributed by atoms with van der Waals surface area (Å²) in [6, 6.07) is -0.836. The number of allylic oxidation sites excluding steroid dienone is 15. The molecule has 1 heterocycles. The topological polar surface area (TPSA) is 149 Å². The fourth-order valence-corrected chi connectivity index (χ4v) is 7.00. The number of amides is 1. The van der Waals surface area contributed by atoms with Gasteiger partial charge in [-0.25, -0.2) is 0 Å². The van der Waals surface area contributed by atoms with Crippen molar-refractivity contribution < 1.29 is 39.8 Å². The molecule has 0 saturated carbocycles. The van der Waals surface area contributed by atoms with Crippen molar-refractivity contribution in [2.75, 3.05) is 13.2 Å². The van der Waals surface area contributed by atoms with Crippen LogP contribution >= 0.6 is 0 Å². The number of unbranched alkanes of at least 4 members (excludes halogenated alkanes) is 15. The molecule has 1 aliphatic rings. The maximum Gasteiger partial charge on any atom is 0.220 e. The number of carbonyl (C=O) groups is 1. The van der Waals surface area contributed by atoms with Crippen LogP contribution in [0.15, 0.2) is 97.2 Å². The van der Waals surface area contributed by atoms with Crippen LogP contribution in [0.3, 0.4) is 0 Å². The third-order valence-electron chi connectivity index (χ3n) is 10.9. The quantitative estimate of drug-likeness (QED) is 0.0264. The van der Waals surface area contributed by atoms with E-state index in [2.05, 4.69) is 104 Å². The predicted molar refractivity (Wildman–Crippen MR) is 258 cm³/mol. The van der Waals surface area contributed by atoms with E-state index >= 15 is 0 Å². The van der Waals surface area contributed by atoms with Gasteiger partial charge in [0.15, 0.2) is 6.29 Å². The standard InChI is InChI=1S/C53H89NO8/c1-3-5-7-9-11-13-15-17-19-20-21-22-23-24-25-26-27-28-29-31-33-35-37-39-41-43-49(57)54-46(45-61-53-52(60)51(59)50(58)48(44-55)62-53)47(56)42-40-38-36-34-32-30-18-16-14-12-10-8-6-4-2/h5,7,11,13,17,19,21-22,24-25,27-28,32,34,40,42,46-48,50-53,55-56,58-60H,3-4,6,8-10,12,14-16,18,20,23,26,29-31,33,35-39,41,43-45H2,1-2H3,(H,54,57)/b7-5-,13-11-,19-17-,22-21-,25-24-,28-27-,34-32+,42-40+. The van der Waals surface area contributed by atoms with E-state index in [1.54, 1.807) is 6.08 Å². The lowest BCUT2D eigenvalue weighted by Gasteiger charge is -2.40. The Bertz CT molecular complexity index is 1280. The lowest BCUT2D eigenvalue weighted by molar-refractivity contribution is -0.302.